The molecule has 1 heterocycles. The van der Waals surface area contributed by atoms with Gasteiger partial charge < -0.3 is 8.98 Å². The Labute approximate surface area is 172 Å². The van der Waals surface area contributed by atoms with Crippen molar-refractivity contribution >= 4 is 36.7 Å². The van der Waals surface area contributed by atoms with Gasteiger partial charge in [-0.15, -0.1) is 0 Å². The third-order valence-electron chi connectivity index (χ3n) is 4.80. The molecular formula is C21H31NO2S2Si. The molecule has 0 radical (unpaired) electrons. The van der Waals surface area contributed by atoms with E-state index in [-0.39, 0.29) is 5.04 Å². The molecule has 1 aromatic heterocycles. The summed E-state index contributed by atoms with van der Waals surface area (Å²) >= 11 is 0.295. The van der Waals surface area contributed by atoms with Crippen LogP contribution in [0, 0.1) is 0 Å². The Kier molecular flexibility index (Phi) is 6.67. The van der Waals surface area contributed by atoms with Crippen molar-refractivity contribution in [3.63, 3.8) is 0 Å². The van der Waals surface area contributed by atoms with Crippen molar-refractivity contribution in [2.75, 3.05) is 0 Å². The Balaban J connectivity index is 2.35. The molecule has 1 unspecified atom stereocenters. The number of benzene rings is 1. The molecule has 0 saturated heterocycles. The number of thiophene rings is 1. The van der Waals surface area contributed by atoms with Crippen molar-refractivity contribution in [3.8, 4) is 5.75 Å². The van der Waals surface area contributed by atoms with Gasteiger partial charge in [0.2, 0.25) is 8.32 Å². The van der Waals surface area contributed by atoms with Gasteiger partial charge in [-0.2, -0.15) is 11.3 Å². The van der Waals surface area contributed by atoms with Crippen LogP contribution in [0.3, 0.4) is 0 Å². The highest BCUT2D eigenvalue weighted by Gasteiger charge is 2.39. The van der Waals surface area contributed by atoms with Gasteiger partial charge in [-0.05, 0) is 74.6 Å². The molecule has 0 fully saturated rings. The molecule has 2 rings (SSSR count). The van der Waals surface area contributed by atoms with Gasteiger partial charge >= 0.3 is 0 Å². The molecule has 3 nitrogen and oxygen atoms in total. The minimum absolute atomic E-state index is 0.151. The second-order valence-electron chi connectivity index (χ2n) is 9.20. The molecule has 0 N–H and O–H groups in total. The van der Waals surface area contributed by atoms with Crippen LogP contribution in [0.5, 0.6) is 5.75 Å². The number of hydrogen-bond donors (Lipinski definition) is 0. The Morgan fingerprint density at radius 3 is 2.04 bits per heavy atom. The lowest BCUT2D eigenvalue weighted by atomic mass is 10.1. The maximum Gasteiger partial charge on any atom is 0.250 e. The third kappa shape index (κ3) is 5.70. The topological polar surface area (TPSA) is 44.7 Å². The van der Waals surface area contributed by atoms with Gasteiger partial charge in [0.1, 0.15) is 27.6 Å². The minimum Gasteiger partial charge on any atom is -0.591 e. The quantitative estimate of drug-likeness (QED) is 0.317. The summed E-state index contributed by atoms with van der Waals surface area (Å²) in [4.78, 5) is 0. The van der Waals surface area contributed by atoms with Gasteiger partial charge in [0.05, 0.1) is 0 Å². The summed E-state index contributed by atoms with van der Waals surface area (Å²) in [6.45, 7) is 17.0. The smallest absolute Gasteiger partial charge is 0.250 e. The maximum atomic E-state index is 12.6. The third-order valence-corrected chi connectivity index (χ3v) is 11.2. The Bertz CT molecular complexity index is 770. The van der Waals surface area contributed by atoms with Crippen molar-refractivity contribution in [3.05, 3.63) is 52.2 Å². The largest absolute Gasteiger partial charge is 0.591 e. The summed E-state index contributed by atoms with van der Waals surface area (Å²) in [6, 6.07) is 10.0. The molecule has 0 spiro atoms. The summed E-state index contributed by atoms with van der Waals surface area (Å²) in [6.07, 6.45) is 0. The first-order valence-corrected chi connectivity index (χ1v) is 14.1. The van der Waals surface area contributed by atoms with E-state index in [2.05, 4.69) is 38.3 Å². The van der Waals surface area contributed by atoms with Crippen LogP contribution in [0.2, 0.25) is 18.1 Å². The predicted molar refractivity (Wildman–Crippen MR) is 122 cm³/mol. The van der Waals surface area contributed by atoms with Crippen molar-refractivity contribution < 1.29 is 8.98 Å². The van der Waals surface area contributed by atoms with E-state index in [9.17, 15) is 4.55 Å². The van der Waals surface area contributed by atoms with E-state index in [0.717, 1.165) is 22.6 Å². The van der Waals surface area contributed by atoms with Crippen molar-refractivity contribution in [1.82, 2.24) is 0 Å². The van der Waals surface area contributed by atoms with Crippen LogP contribution in [-0.2, 0) is 11.4 Å². The van der Waals surface area contributed by atoms with E-state index in [1.54, 1.807) is 11.3 Å². The Morgan fingerprint density at radius 2 is 1.59 bits per heavy atom. The Morgan fingerprint density at radius 1 is 1.00 bits per heavy atom. The van der Waals surface area contributed by atoms with Crippen LogP contribution in [0.4, 0.5) is 0 Å². The second-order valence-corrected chi connectivity index (χ2v) is 16.6. The molecule has 0 amide bonds. The molecular weight excluding hydrogens is 390 g/mol. The zero-order valence-electron chi connectivity index (χ0n) is 17.6. The first-order chi connectivity index (χ1) is 12.3. The van der Waals surface area contributed by atoms with Crippen LogP contribution < -0.4 is 4.43 Å². The fraction of sp³-hybridized carbons (Fsp3) is 0.476. The maximum absolute atomic E-state index is 12.6. The van der Waals surface area contributed by atoms with Crippen LogP contribution >= 0.6 is 11.3 Å². The summed E-state index contributed by atoms with van der Waals surface area (Å²) < 4.78 is 23.2. The SMILES string of the molecule is CC(C)(C)[S+]([O-])N=C(c1ccc(O[Si](C)(C)C(C)(C)C)cc1)c1ccsc1. The summed E-state index contributed by atoms with van der Waals surface area (Å²) in [5.74, 6) is 0.881. The molecule has 1 aromatic carbocycles. The lowest BCUT2D eigenvalue weighted by Crippen LogP contribution is -2.43. The first kappa shape index (κ1) is 22.2. The molecule has 0 aliphatic carbocycles. The van der Waals surface area contributed by atoms with Gasteiger partial charge in [0, 0.05) is 16.5 Å². The van der Waals surface area contributed by atoms with E-state index in [1.165, 1.54) is 0 Å². The van der Waals surface area contributed by atoms with E-state index in [4.69, 9.17) is 4.43 Å². The van der Waals surface area contributed by atoms with Gasteiger partial charge in [0.25, 0.3) is 0 Å². The van der Waals surface area contributed by atoms with Crippen LogP contribution in [-0.4, -0.2) is 23.3 Å². The fourth-order valence-electron chi connectivity index (χ4n) is 2.02. The van der Waals surface area contributed by atoms with Gasteiger partial charge in [0.15, 0.2) is 0 Å². The second kappa shape index (κ2) is 8.11. The number of rotatable bonds is 5. The first-order valence-electron chi connectivity index (χ1n) is 9.14. The fourth-order valence-corrected chi connectivity index (χ4v) is 4.34. The highest BCUT2D eigenvalue weighted by Crippen LogP contribution is 2.37. The number of nitrogens with zero attached hydrogens (tertiary/aromatic N) is 1. The molecule has 27 heavy (non-hydrogen) atoms. The van der Waals surface area contributed by atoms with Crippen molar-refractivity contribution in [2.45, 2.75) is 64.4 Å². The van der Waals surface area contributed by atoms with Gasteiger partial charge in [-0.3, -0.25) is 0 Å². The molecule has 148 valence electrons. The normalized spacial score (nSPS) is 14.9. The standard InChI is InChI=1S/C21H31NO2S2Si/c1-20(2,3)26(23)22-19(17-13-14-25-15-17)16-9-11-18(12-10-16)24-27(7,8)21(4,5)6/h9-15H,1-8H3. The summed E-state index contributed by atoms with van der Waals surface area (Å²) in [7, 11) is -1.87. The molecule has 0 bridgehead atoms. The molecule has 0 aliphatic heterocycles. The zero-order chi connectivity index (χ0) is 20.5. The average molecular weight is 422 g/mol. The van der Waals surface area contributed by atoms with Crippen LogP contribution in [0.1, 0.15) is 52.7 Å². The minimum atomic E-state index is -1.87. The van der Waals surface area contributed by atoms with E-state index >= 15 is 0 Å². The lowest BCUT2D eigenvalue weighted by Gasteiger charge is -2.36. The molecule has 6 heteroatoms. The van der Waals surface area contributed by atoms with E-state index in [1.807, 2.05) is 61.9 Å². The highest BCUT2D eigenvalue weighted by molar-refractivity contribution is 7.91. The molecule has 2 aromatic rings. The lowest BCUT2D eigenvalue weighted by molar-refractivity contribution is 0.492. The van der Waals surface area contributed by atoms with Crippen molar-refractivity contribution in [1.29, 1.82) is 0 Å². The predicted octanol–water partition coefficient (Wildman–Crippen LogP) is 6.43. The van der Waals surface area contributed by atoms with E-state index < -0.39 is 24.4 Å². The molecule has 0 saturated carbocycles. The van der Waals surface area contributed by atoms with Gasteiger partial charge in [-0.25, -0.2) is 0 Å². The monoisotopic (exact) mass is 421 g/mol. The summed E-state index contributed by atoms with van der Waals surface area (Å²) in [5, 5.41) is 4.21. The molecule has 1 atom stereocenters. The van der Waals surface area contributed by atoms with Crippen LogP contribution in [0.15, 0.2) is 45.5 Å². The highest BCUT2D eigenvalue weighted by atomic mass is 32.2. The summed E-state index contributed by atoms with van der Waals surface area (Å²) in [5.41, 5.74) is 2.72. The number of hydrogen-bond acceptors (Lipinski definition) is 4. The Hall–Kier alpha value is -1.08. The van der Waals surface area contributed by atoms with Gasteiger partial charge in [-0.1, -0.05) is 25.2 Å². The molecule has 0 aliphatic rings. The van der Waals surface area contributed by atoms with Crippen molar-refractivity contribution in [2.24, 2.45) is 4.40 Å². The average Bonchev–Trinajstić information content (AvgIpc) is 3.05. The van der Waals surface area contributed by atoms with Crippen LogP contribution in [0.25, 0.3) is 0 Å². The van der Waals surface area contributed by atoms with E-state index in [0.29, 0.717) is 0 Å². The zero-order valence-corrected chi connectivity index (χ0v) is 20.3.